The first-order valence-corrected chi connectivity index (χ1v) is 21.4. The zero-order valence-corrected chi connectivity index (χ0v) is 39.5. The Labute approximate surface area is 420 Å². The van der Waals surface area contributed by atoms with Crippen LogP contribution in [0.1, 0.15) is 43.9 Å². The van der Waals surface area contributed by atoms with Crippen LogP contribution in [0.15, 0.2) is 66.8 Å². The molecule has 3 aromatic carbocycles. The first-order valence-electron chi connectivity index (χ1n) is 19.9. The fourth-order valence-electron chi connectivity index (χ4n) is 5.72. The quantitative estimate of drug-likeness (QED) is 0.0350. The van der Waals surface area contributed by atoms with Gasteiger partial charge in [0.15, 0.2) is 24.8 Å². The van der Waals surface area contributed by atoms with Gasteiger partial charge in [0.2, 0.25) is 29.5 Å². The summed E-state index contributed by atoms with van der Waals surface area (Å²) >= 11 is 24.6. The number of benzene rings is 3. The number of anilines is 2. The van der Waals surface area contributed by atoms with Gasteiger partial charge < -0.3 is 67.5 Å². The number of carbonyl (C=O) groups is 11. The number of nitrogens with two attached hydrogens (primary N) is 1. The predicted octanol–water partition coefficient (Wildman–Crippen LogP) is 2.18. The number of carbonyl (C=O) groups excluding carboxylic acids is 7. The molecule has 28 heteroatoms. The van der Waals surface area contributed by atoms with Gasteiger partial charge in [-0.05, 0) is 42.5 Å². The minimum atomic E-state index is -1.53. The van der Waals surface area contributed by atoms with E-state index in [0.29, 0.717) is 0 Å². The van der Waals surface area contributed by atoms with Crippen molar-refractivity contribution in [2.45, 2.75) is 24.9 Å². The molecule has 0 heterocycles. The molecule has 0 aromatic heterocycles. The van der Waals surface area contributed by atoms with Gasteiger partial charge in [0.1, 0.15) is 21.5 Å². The Hall–Kier alpha value is -7.61. The molecule has 378 valence electrons. The largest absolute Gasteiger partial charge is 0.481 e. The molecule has 0 aliphatic heterocycles. The Kier molecular flexibility index (Phi) is 21.9. The monoisotopic (exact) mass is 1070 g/mol. The fraction of sp³-hybridized carbons (Fsp3) is 0.233. The van der Waals surface area contributed by atoms with Crippen molar-refractivity contribution in [3.05, 3.63) is 104 Å². The highest BCUT2D eigenvalue weighted by molar-refractivity contribution is 6.46. The number of Topliss-reactive ketones (excluding diaryl/α,β-unsaturated/α-hetero) is 2. The number of carboxylic acid groups (broad SMARTS) is 4. The lowest BCUT2D eigenvalue weighted by molar-refractivity contribution is -0.140. The van der Waals surface area contributed by atoms with Gasteiger partial charge in [-0.1, -0.05) is 59.6 Å². The molecule has 0 bridgehead atoms. The zero-order chi connectivity index (χ0) is 53.3. The number of ketones is 2. The van der Waals surface area contributed by atoms with Gasteiger partial charge >= 0.3 is 23.9 Å². The number of rotatable bonds is 29. The number of ether oxygens (including phenoxy) is 2. The van der Waals surface area contributed by atoms with Crippen LogP contribution in [-0.4, -0.2) is 137 Å². The van der Waals surface area contributed by atoms with Crippen molar-refractivity contribution in [2.24, 2.45) is 5.73 Å². The van der Waals surface area contributed by atoms with E-state index in [1.807, 2.05) is 0 Å². The van der Waals surface area contributed by atoms with Gasteiger partial charge in [0, 0.05) is 52.3 Å². The van der Waals surface area contributed by atoms with E-state index < -0.39 is 129 Å². The number of amides is 5. The number of hydrogen-bond acceptors (Lipinski definition) is 15. The summed E-state index contributed by atoms with van der Waals surface area (Å²) in [5.41, 5.74) is 4.17. The van der Waals surface area contributed by atoms with E-state index in [2.05, 4.69) is 45.1 Å². The van der Waals surface area contributed by atoms with Gasteiger partial charge in [-0.25, -0.2) is 9.59 Å². The molecule has 24 nitrogen and oxygen atoms in total. The second-order valence-electron chi connectivity index (χ2n) is 14.5. The number of halogens is 4. The molecule has 5 amide bonds. The van der Waals surface area contributed by atoms with Crippen molar-refractivity contribution in [1.82, 2.24) is 21.3 Å². The second-order valence-corrected chi connectivity index (χ2v) is 16.0. The van der Waals surface area contributed by atoms with Crippen molar-refractivity contribution >= 4 is 123 Å². The Balaban J connectivity index is 1.60. The maximum Gasteiger partial charge on any atom is 0.341 e. The Morgan fingerprint density at radius 3 is 1.23 bits per heavy atom. The summed E-state index contributed by atoms with van der Waals surface area (Å²) in [6.07, 6.45) is -1.65. The van der Waals surface area contributed by atoms with Crippen LogP contribution >= 0.6 is 46.4 Å². The van der Waals surface area contributed by atoms with Crippen molar-refractivity contribution in [1.29, 1.82) is 0 Å². The third-order valence-electron chi connectivity index (χ3n) is 9.07. The molecular weight excluding hydrogens is 1030 g/mol. The van der Waals surface area contributed by atoms with E-state index in [1.165, 1.54) is 24.3 Å². The lowest BCUT2D eigenvalue weighted by Gasteiger charge is -2.18. The van der Waals surface area contributed by atoms with Gasteiger partial charge in [0.05, 0.1) is 48.1 Å². The van der Waals surface area contributed by atoms with Crippen LogP contribution < -0.4 is 47.1 Å². The van der Waals surface area contributed by atoms with Crippen molar-refractivity contribution in [3.63, 3.8) is 0 Å². The molecule has 3 rings (SSSR count). The van der Waals surface area contributed by atoms with E-state index in [-0.39, 0.29) is 70.8 Å². The van der Waals surface area contributed by atoms with Crippen LogP contribution in [0.4, 0.5) is 11.4 Å². The molecule has 0 aliphatic carbocycles. The molecule has 0 fully saturated rings. The van der Waals surface area contributed by atoms with Crippen LogP contribution in [-0.2, 0) is 38.4 Å². The van der Waals surface area contributed by atoms with Crippen LogP contribution in [0.2, 0.25) is 20.1 Å². The summed E-state index contributed by atoms with van der Waals surface area (Å²) in [4.78, 5) is 135. The molecule has 0 radical (unpaired) electrons. The first kappa shape index (κ1) is 57.7. The summed E-state index contributed by atoms with van der Waals surface area (Å²) in [5.74, 6) is -12.2. The van der Waals surface area contributed by atoms with Gasteiger partial charge in [0.25, 0.3) is 0 Å². The molecule has 0 saturated carbocycles. The predicted molar refractivity (Wildman–Crippen MR) is 252 cm³/mol. The summed E-state index contributed by atoms with van der Waals surface area (Å²) in [6, 6.07) is 5.11. The van der Waals surface area contributed by atoms with E-state index in [9.17, 15) is 63.0 Å². The fourth-order valence-corrected chi connectivity index (χ4v) is 6.64. The van der Waals surface area contributed by atoms with E-state index >= 15 is 0 Å². The van der Waals surface area contributed by atoms with Gasteiger partial charge in [-0.3, -0.25) is 43.2 Å². The third-order valence-corrected chi connectivity index (χ3v) is 10.8. The molecule has 0 aliphatic rings. The Bertz CT molecular complexity index is 2530. The van der Waals surface area contributed by atoms with Crippen molar-refractivity contribution in [2.75, 3.05) is 50.0 Å². The van der Waals surface area contributed by atoms with Crippen molar-refractivity contribution < 1.29 is 82.6 Å². The average molecular weight is 1070 g/mol. The maximum absolute atomic E-state index is 13.1. The lowest BCUT2D eigenvalue weighted by atomic mass is 10.0. The molecule has 3 aromatic rings. The average Bonchev–Trinajstić information content (AvgIpc) is 3.29. The van der Waals surface area contributed by atoms with Crippen LogP contribution in [0, 0.1) is 0 Å². The summed E-state index contributed by atoms with van der Waals surface area (Å²) in [5, 5.41) is 49.7. The van der Waals surface area contributed by atoms with Gasteiger partial charge in [-0.2, -0.15) is 0 Å². The van der Waals surface area contributed by atoms with Crippen LogP contribution in [0.5, 0.6) is 11.5 Å². The van der Waals surface area contributed by atoms with E-state index in [1.54, 1.807) is 0 Å². The number of aliphatic carboxylic acids is 4. The zero-order valence-electron chi connectivity index (χ0n) is 36.5. The van der Waals surface area contributed by atoms with Crippen molar-refractivity contribution in [3.8, 4) is 11.5 Å². The standard InChI is InChI=1S/C43H41Cl4N7O17/c1-18(39(65)23-3-5-27(37(46)35(23)44)70-16-33(61)62)12-49-25(10-31(57)58)42(68)51-14-29(55)53-21-7-20(41(48)67)8-22(9-21)54-30(56)15-52-43(69)26(11-32(59)60)50-13-19(2)40(66)24-4-6-28(38(47)36(24)45)71-17-34(63)64/h3-9,25-26,49-50H,1-2,10-17H2,(H2,48,67)(H,51,68)(H,52,69)(H,53,55)(H,54,56)(H,57,58)(H,59,60)(H,61,62)(H,63,64)/t25-,26-/m0/s1. The Morgan fingerprint density at radius 2 is 0.901 bits per heavy atom. The number of carboxylic acids is 4. The number of hydrogen-bond donors (Lipinski definition) is 11. The minimum absolute atomic E-state index is 0.123. The normalized spacial score (nSPS) is 11.4. The SMILES string of the molecule is C=C(CN[C@@H](CC(=O)O)C(=O)NCC(=O)Nc1cc(NC(=O)CNC(=O)[C@H](CC(=O)O)NCC(=C)C(=O)c2ccc(OCC(=O)O)c(Cl)c2Cl)cc(C(N)=O)c1)C(=O)c1ccc(OCC(=O)O)c(Cl)c1Cl. The van der Waals surface area contributed by atoms with E-state index in [4.69, 9.17) is 71.8 Å². The summed E-state index contributed by atoms with van der Waals surface area (Å²) in [6.45, 7) is 3.31. The lowest BCUT2D eigenvalue weighted by Crippen LogP contribution is -2.48. The second kappa shape index (κ2) is 27.0. The topological polar surface area (TPSA) is 385 Å². The molecule has 12 N–H and O–H groups in total. The van der Waals surface area contributed by atoms with Crippen LogP contribution in [0.25, 0.3) is 0 Å². The molecule has 0 unspecified atom stereocenters. The maximum atomic E-state index is 13.1. The summed E-state index contributed by atoms with van der Waals surface area (Å²) < 4.78 is 10.0. The minimum Gasteiger partial charge on any atom is -0.481 e. The third kappa shape index (κ3) is 18.0. The molecule has 0 saturated heterocycles. The summed E-state index contributed by atoms with van der Waals surface area (Å²) in [7, 11) is 0. The molecular formula is C43H41Cl4N7O17. The highest BCUT2D eigenvalue weighted by Crippen LogP contribution is 2.37. The highest BCUT2D eigenvalue weighted by Gasteiger charge is 2.27. The smallest absolute Gasteiger partial charge is 0.341 e. The number of nitrogens with one attached hydrogen (secondary N) is 6. The first-order chi connectivity index (χ1) is 33.3. The molecule has 0 spiro atoms. The van der Waals surface area contributed by atoms with E-state index in [0.717, 1.165) is 18.2 Å². The van der Waals surface area contributed by atoms with Crippen LogP contribution in [0.3, 0.4) is 0 Å². The molecule has 71 heavy (non-hydrogen) atoms. The Morgan fingerprint density at radius 1 is 0.535 bits per heavy atom. The molecule has 2 atom stereocenters. The number of primary amides is 1. The van der Waals surface area contributed by atoms with Gasteiger partial charge in [-0.15, -0.1) is 0 Å². The highest BCUT2D eigenvalue weighted by atomic mass is 35.5.